The summed E-state index contributed by atoms with van der Waals surface area (Å²) in [6.07, 6.45) is 0.185. The molecule has 166 valence electrons. The van der Waals surface area contributed by atoms with Gasteiger partial charge in [0.25, 0.3) is 0 Å². The van der Waals surface area contributed by atoms with Crippen LogP contribution in [0.15, 0.2) is 60.7 Å². The zero-order valence-electron chi connectivity index (χ0n) is 18.5. The van der Waals surface area contributed by atoms with Crippen LogP contribution in [0.25, 0.3) is 11.1 Å². The number of hydrogen-bond donors (Lipinski definition) is 1. The van der Waals surface area contributed by atoms with Crippen LogP contribution in [-0.2, 0) is 22.5 Å². The van der Waals surface area contributed by atoms with E-state index in [9.17, 15) is 9.18 Å². The van der Waals surface area contributed by atoms with Crippen LogP contribution in [0.2, 0.25) is 0 Å². The molecule has 1 amide bonds. The zero-order valence-corrected chi connectivity index (χ0v) is 18.5. The average Bonchev–Trinajstić information content (AvgIpc) is 2.79. The third-order valence-electron chi connectivity index (χ3n) is 5.74. The van der Waals surface area contributed by atoms with Gasteiger partial charge in [-0.3, -0.25) is 9.78 Å². The van der Waals surface area contributed by atoms with E-state index in [1.807, 2.05) is 19.1 Å². The first kappa shape index (κ1) is 22.0. The smallest absolute Gasteiger partial charge is 0.226 e. The summed E-state index contributed by atoms with van der Waals surface area (Å²) in [6, 6.07) is 19.0. The molecule has 0 unspecified atom stereocenters. The summed E-state index contributed by atoms with van der Waals surface area (Å²) >= 11 is 0. The number of pyridine rings is 1. The Morgan fingerprint density at radius 1 is 1.19 bits per heavy atom. The van der Waals surface area contributed by atoms with Gasteiger partial charge in [-0.1, -0.05) is 30.3 Å². The molecule has 2 aromatic carbocycles. The number of halogens is 1. The lowest BCUT2D eigenvalue weighted by molar-refractivity contribution is -0.120. The molecule has 1 saturated heterocycles. The molecule has 1 N–H and O–H groups in total. The second-order valence-electron chi connectivity index (χ2n) is 8.18. The van der Waals surface area contributed by atoms with Crippen LogP contribution in [0, 0.1) is 12.7 Å². The highest BCUT2D eigenvalue weighted by Gasteiger charge is 2.19. The number of aryl methyl sites for hydroxylation is 1. The number of carbonyl (C=O) groups excluding carboxylic acids is 1. The SMILES string of the molecule is Cc1nc(CC(=O)NCc2cccc(F)c2)ccc1-c1ccc(N2CCOC[C@H]2C)cc1. The highest BCUT2D eigenvalue weighted by atomic mass is 19.1. The number of nitrogens with one attached hydrogen (secondary N) is 1. The van der Waals surface area contributed by atoms with Gasteiger partial charge in [0.15, 0.2) is 0 Å². The van der Waals surface area contributed by atoms with Crippen LogP contribution < -0.4 is 10.2 Å². The standard InChI is InChI=1S/C26H28FN3O2/c1-18-17-32-13-12-30(18)24-9-6-21(7-10-24)25-11-8-23(29-19(25)2)15-26(31)28-16-20-4-3-5-22(27)14-20/h3-11,14,18H,12-13,15-17H2,1-2H3,(H,28,31)/t18-/m1/s1. The quantitative estimate of drug-likeness (QED) is 0.631. The van der Waals surface area contributed by atoms with Gasteiger partial charge in [-0.15, -0.1) is 0 Å². The van der Waals surface area contributed by atoms with Gasteiger partial charge in [0.1, 0.15) is 5.82 Å². The van der Waals surface area contributed by atoms with Crippen molar-refractivity contribution in [3.05, 3.63) is 83.4 Å². The number of benzene rings is 2. The lowest BCUT2D eigenvalue weighted by Gasteiger charge is -2.35. The molecule has 0 radical (unpaired) electrons. The van der Waals surface area contributed by atoms with E-state index >= 15 is 0 Å². The van der Waals surface area contributed by atoms with Crippen molar-refractivity contribution in [2.75, 3.05) is 24.7 Å². The monoisotopic (exact) mass is 433 g/mol. The van der Waals surface area contributed by atoms with Crippen molar-refractivity contribution in [3.8, 4) is 11.1 Å². The van der Waals surface area contributed by atoms with Crippen LogP contribution in [0.1, 0.15) is 23.9 Å². The molecule has 4 rings (SSSR count). The van der Waals surface area contributed by atoms with Gasteiger partial charge >= 0.3 is 0 Å². The van der Waals surface area contributed by atoms with Gasteiger partial charge < -0.3 is 15.0 Å². The minimum atomic E-state index is -0.308. The highest BCUT2D eigenvalue weighted by molar-refractivity contribution is 5.78. The van der Waals surface area contributed by atoms with Crippen LogP contribution in [0.4, 0.5) is 10.1 Å². The number of carbonyl (C=O) groups is 1. The highest BCUT2D eigenvalue weighted by Crippen LogP contribution is 2.27. The summed E-state index contributed by atoms with van der Waals surface area (Å²) in [5, 5.41) is 2.82. The Balaban J connectivity index is 1.39. The number of morpholine rings is 1. The van der Waals surface area contributed by atoms with Crippen molar-refractivity contribution >= 4 is 11.6 Å². The second-order valence-corrected chi connectivity index (χ2v) is 8.18. The van der Waals surface area contributed by atoms with Crippen molar-refractivity contribution in [2.24, 2.45) is 0 Å². The van der Waals surface area contributed by atoms with E-state index in [1.54, 1.807) is 12.1 Å². The number of hydrogen-bond acceptors (Lipinski definition) is 4. The largest absolute Gasteiger partial charge is 0.377 e. The van der Waals surface area contributed by atoms with Gasteiger partial charge in [0, 0.05) is 36.1 Å². The number of rotatable bonds is 6. The van der Waals surface area contributed by atoms with Gasteiger partial charge in [-0.2, -0.15) is 0 Å². The molecule has 2 heterocycles. The molecule has 1 atom stereocenters. The number of aromatic nitrogens is 1. The minimum Gasteiger partial charge on any atom is -0.377 e. The zero-order chi connectivity index (χ0) is 22.5. The van der Waals surface area contributed by atoms with E-state index in [4.69, 9.17) is 4.74 Å². The number of nitrogens with zero attached hydrogens (tertiary/aromatic N) is 2. The molecule has 1 aliphatic heterocycles. The van der Waals surface area contributed by atoms with E-state index in [-0.39, 0.29) is 18.1 Å². The van der Waals surface area contributed by atoms with Gasteiger partial charge in [0.05, 0.1) is 25.3 Å². The van der Waals surface area contributed by atoms with Gasteiger partial charge in [0.2, 0.25) is 5.91 Å². The molecule has 6 heteroatoms. The average molecular weight is 434 g/mol. The fourth-order valence-corrected chi connectivity index (χ4v) is 4.03. The Morgan fingerprint density at radius 3 is 2.72 bits per heavy atom. The van der Waals surface area contributed by atoms with Crippen LogP contribution in [0.5, 0.6) is 0 Å². The van der Waals surface area contributed by atoms with Crippen molar-refractivity contribution in [1.82, 2.24) is 10.3 Å². The van der Waals surface area contributed by atoms with E-state index in [0.717, 1.165) is 42.1 Å². The number of anilines is 1. The molecule has 1 fully saturated rings. The maximum atomic E-state index is 13.3. The first-order valence-electron chi connectivity index (χ1n) is 10.9. The van der Waals surface area contributed by atoms with E-state index in [0.29, 0.717) is 18.3 Å². The van der Waals surface area contributed by atoms with Crippen molar-refractivity contribution in [2.45, 2.75) is 32.9 Å². The molecular weight excluding hydrogens is 405 g/mol. The Hall–Kier alpha value is -3.25. The summed E-state index contributed by atoms with van der Waals surface area (Å²) in [6.45, 7) is 6.84. The third kappa shape index (κ3) is 5.32. The first-order valence-corrected chi connectivity index (χ1v) is 10.9. The Morgan fingerprint density at radius 2 is 2.00 bits per heavy atom. The van der Waals surface area contributed by atoms with Gasteiger partial charge in [-0.05, 0) is 55.3 Å². The molecule has 0 bridgehead atoms. The topological polar surface area (TPSA) is 54.5 Å². The van der Waals surface area contributed by atoms with Crippen molar-refractivity contribution in [3.63, 3.8) is 0 Å². The molecular formula is C26H28FN3O2. The summed E-state index contributed by atoms with van der Waals surface area (Å²) in [5.41, 5.74) is 5.67. The number of amides is 1. The Bertz CT molecular complexity index is 1080. The molecule has 3 aromatic rings. The van der Waals surface area contributed by atoms with Crippen molar-refractivity contribution in [1.29, 1.82) is 0 Å². The predicted octanol–water partition coefficient (Wildman–Crippen LogP) is 4.28. The van der Waals surface area contributed by atoms with Crippen LogP contribution in [0.3, 0.4) is 0 Å². The molecule has 0 saturated carbocycles. The molecule has 0 spiro atoms. The number of ether oxygens (including phenoxy) is 1. The van der Waals surface area contributed by atoms with Crippen molar-refractivity contribution < 1.29 is 13.9 Å². The Kier molecular flexibility index (Phi) is 6.81. The fourth-order valence-electron chi connectivity index (χ4n) is 4.03. The summed E-state index contributed by atoms with van der Waals surface area (Å²) in [4.78, 5) is 19.3. The molecule has 0 aliphatic carbocycles. The van der Waals surface area contributed by atoms with Crippen LogP contribution >= 0.6 is 0 Å². The molecule has 5 nitrogen and oxygen atoms in total. The Labute approximate surface area is 188 Å². The molecule has 1 aliphatic rings. The second kappa shape index (κ2) is 9.92. The van der Waals surface area contributed by atoms with Gasteiger partial charge in [-0.25, -0.2) is 4.39 Å². The normalized spacial score (nSPS) is 16.1. The lowest BCUT2D eigenvalue weighted by Crippen LogP contribution is -2.43. The minimum absolute atomic E-state index is 0.141. The maximum absolute atomic E-state index is 13.3. The fraction of sp³-hybridized carbons (Fsp3) is 0.308. The first-order chi connectivity index (χ1) is 15.5. The molecule has 32 heavy (non-hydrogen) atoms. The predicted molar refractivity (Wildman–Crippen MR) is 124 cm³/mol. The molecule has 1 aromatic heterocycles. The van der Waals surface area contributed by atoms with Crippen LogP contribution in [-0.4, -0.2) is 36.7 Å². The summed E-state index contributed by atoms with van der Waals surface area (Å²) in [7, 11) is 0. The summed E-state index contributed by atoms with van der Waals surface area (Å²) < 4.78 is 18.8. The summed E-state index contributed by atoms with van der Waals surface area (Å²) in [5.74, 6) is -0.449. The third-order valence-corrected chi connectivity index (χ3v) is 5.74. The van der Waals surface area contributed by atoms with E-state index < -0.39 is 0 Å². The van der Waals surface area contributed by atoms with E-state index in [1.165, 1.54) is 17.8 Å². The van der Waals surface area contributed by atoms with E-state index in [2.05, 4.69) is 46.4 Å². The lowest BCUT2D eigenvalue weighted by atomic mass is 10.0. The maximum Gasteiger partial charge on any atom is 0.226 e.